The Hall–Kier alpha value is -2.27. The van der Waals surface area contributed by atoms with Crippen LogP contribution in [0.3, 0.4) is 0 Å². The lowest BCUT2D eigenvalue weighted by Crippen LogP contribution is -3.11. The van der Waals surface area contributed by atoms with Gasteiger partial charge in [0.05, 0.1) is 24.6 Å². The molecule has 23 heavy (non-hydrogen) atoms. The number of fused-ring (bicyclic) bond motifs is 1. The fourth-order valence-corrected chi connectivity index (χ4v) is 3.50. The predicted molar refractivity (Wildman–Crippen MR) is 86.6 cm³/mol. The molecule has 0 aliphatic carbocycles. The fraction of sp³-hybridized carbons (Fsp3) is 0.333. The molecule has 4 rings (SSSR count). The zero-order valence-corrected chi connectivity index (χ0v) is 13.0. The minimum absolute atomic E-state index is 0.0932. The first-order valence-electron chi connectivity index (χ1n) is 8.18. The topological polar surface area (TPSA) is 35.2 Å². The van der Waals surface area contributed by atoms with Crippen molar-refractivity contribution < 1.29 is 9.29 Å². The van der Waals surface area contributed by atoms with Gasteiger partial charge in [0.2, 0.25) is 0 Å². The number of piperidine rings is 1. The molecule has 1 saturated heterocycles. The third-order valence-electron chi connectivity index (χ3n) is 4.78. The lowest BCUT2D eigenvalue weighted by atomic mass is 10.0. The number of para-hydroxylation sites is 1. The second-order valence-electron chi connectivity index (χ2n) is 6.27. The van der Waals surface area contributed by atoms with Crippen molar-refractivity contribution in [2.45, 2.75) is 25.4 Å². The second-order valence-corrected chi connectivity index (χ2v) is 6.27. The zero-order valence-electron chi connectivity index (χ0n) is 13.0. The molecule has 118 valence electrons. The lowest BCUT2D eigenvalue weighted by molar-refractivity contribution is -0.919. The minimum Gasteiger partial charge on any atom is -0.331 e. The fourth-order valence-electron chi connectivity index (χ4n) is 3.50. The largest absolute Gasteiger partial charge is 0.331 e. The van der Waals surface area contributed by atoms with Crippen LogP contribution in [0.25, 0.3) is 11.0 Å². The van der Waals surface area contributed by atoms with Crippen molar-refractivity contribution >= 4 is 11.0 Å². The summed E-state index contributed by atoms with van der Waals surface area (Å²) in [6, 6.07) is 15.6. The number of halogens is 1. The standard InChI is InChI=1S/C18H19FN4/c19-16-6-2-1-5-14(16)13-22-11-9-15(10-12-22)23-18-8-4-3-7-17(18)20-21-23/h1-8,15H,9-13H2/p+1. The van der Waals surface area contributed by atoms with Gasteiger partial charge in [0.25, 0.3) is 0 Å². The maximum Gasteiger partial charge on any atom is 0.132 e. The van der Waals surface area contributed by atoms with Crippen LogP contribution in [0, 0.1) is 5.82 Å². The summed E-state index contributed by atoms with van der Waals surface area (Å²) in [6.45, 7) is 2.83. The molecule has 2 aromatic carbocycles. The molecular formula is C18H20FN4+. The van der Waals surface area contributed by atoms with Gasteiger partial charge >= 0.3 is 0 Å². The number of aromatic nitrogens is 3. The van der Waals surface area contributed by atoms with Crippen molar-refractivity contribution in [3.05, 3.63) is 59.9 Å². The molecule has 1 fully saturated rings. The smallest absolute Gasteiger partial charge is 0.132 e. The average molecular weight is 311 g/mol. The maximum absolute atomic E-state index is 13.8. The number of rotatable bonds is 3. The third-order valence-corrected chi connectivity index (χ3v) is 4.78. The second kappa shape index (κ2) is 6.08. The van der Waals surface area contributed by atoms with Gasteiger partial charge in [-0.2, -0.15) is 0 Å². The Morgan fingerprint density at radius 1 is 1.04 bits per heavy atom. The maximum atomic E-state index is 13.8. The summed E-state index contributed by atoms with van der Waals surface area (Å²) in [4.78, 5) is 1.44. The van der Waals surface area contributed by atoms with Crippen molar-refractivity contribution in [3.8, 4) is 0 Å². The molecule has 0 unspecified atom stereocenters. The lowest BCUT2D eigenvalue weighted by Gasteiger charge is -2.29. The molecule has 5 heteroatoms. The first kappa shape index (κ1) is 14.3. The van der Waals surface area contributed by atoms with Gasteiger partial charge in [0.15, 0.2) is 0 Å². The number of benzene rings is 2. The van der Waals surface area contributed by atoms with E-state index in [1.54, 1.807) is 12.1 Å². The van der Waals surface area contributed by atoms with Crippen molar-refractivity contribution in [2.75, 3.05) is 13.1 Å². The van der Waals surface area contributed by atoms with E-state index < -0.39 is 0 Å². The Kier molecular flexibility index (Phi) is 3.79. The number of hydrogen-bond donors (Lipinski definition) is 1. The van der Waals surface area contributed by atoms with E-state index in [0.717, 1.165) is 49.1 Å². The molecule has 0 bridgehead atoms. The summed E-state index contributed by atoms with van der Waals surface area (Å²) < 4.78 is 15.8. The molecule has 4 nitrogen and oxygen atoms in total. The van der Waals surface area contributed by atoms with Crippen molar-refractivity contribution in [1.82, 2.24) is 15.0 Å². The van der Waals surface area contributed by atoms with Crippen LogP contribution in [0.15, 0.2) is 48.5 Å². The summed E-state index contributed by atoms with van der Waals surface area (Å²) in [5.74, 6) is -0.0932. The van der Waals surface area contributed by atoms with E-state index in [1.165, 1.54) is 4.90 Å². The van der Waals surface area contributed by atoms with Crippen LogP contribution in [-0.2, 0) is 6.54 Å². The highest BCUT2D eigenvalue weighted by molar-refractivity contribution is 5.73. The van der Waals surface area contributed by atoms with E-state index in [-0.39, 0.29) is 5.82 Å². The number of quaternary nitrogens is 1. The van der Waals surface area contributed by atoms with Gasteiger partial charge in [0, 0.05) is 18.4 Å². The van der Waals surface area contributed by atoms with Crippen LogP contribution in [-0.4, -0.2) is 28.1 Å². The summed E-state index contributed by atoms with van der Waals surface area (Å²) in [6.07, 6.45) is 2.11. The van der Waals surface area contributed by atoms with Crippen molar-refractivity contribution in [2.24, 2.45) is 0 Å². The SMILES string of the molecule is Fc1ccccc1C[NH+]1CCC(n2nnc3ccccc32)CC1. The molecule has 0 amide bonds. The van der Waals surface area contributed by atoms with Crippen LogP contribution in [0.2, 0.25) is 0 Å². The van der Waals surface area contributed by atoms with Crippen molar-refractivity contribution in [1.29, 1.82) is 0 Å². The average Bonchev–Trinajstić information content (AvgIpc) is 3.02. The van der Waals surface area contributed by atoms with E-state index in [9.17, 15) is 4.39 Å². The summed E-state index contributed by atoms with van der Waals surface area (Å²) in [7, 11) is 0. The molecule has 1 aromatic heterocycles. The van der Waals surface area contributed by atoms with Gasteiger partial charge < -0.3 is 4.90 Å². The van der Waals surface area contributed by atoms with E-state index in [2.05, 4.69) is 21.1 Å². The number of likely N-dealkylation sites (tertiary alicyclic amines) is 1. The number of nitrogens with zero attached hydrogens (tertiary/aromatic N) is 3. The molecule has 1 aliphatic rings. The van der Waals surface area contributed by atoms with Crippen LogP contribution < -0.4 is 4.90 Å². The Balaban J connectivity index is 1.44. The quantitative estimate of drug-likeness (QED) is 0.803. The zero-order chi connectivity index (χ0) is 15.6. The Labute approximate surface area is 134 Å². The Morgan fingerprint density at radius 2 is 1.78 bits per heavy atom. The van der Waals surface area contributed by atoms with E-state index in [0.29, 0.717) is 6.04 Å². The highest BCUT2D eigenvalue weighted by Crippen LogP contribution is 2.21. The Morgan fingerprint density at radius 3 is 2.61 bits per heavy atom. The Bertz CT molecular complexity index is 805. The monoisotopic (exact) mass is 311 g/mol. The summed E-state index contributed by atoms with van der Waals surface area (Å²) in [5, 5.41) is 8.59. The normalized spacial score (nSPS) is 21.6. The van der Waals surface area contributed by atoms with Crippen molar-refractivity contribution in [3.63, 3.8) is 0 Å². The third kappa shape index (κ3) is 2.84. The summed E-state index contributed by atoms with van der Waals surface area (Å²) in [5.41, 5.74) is 2.87. The predicted octanol–water partition coefficient (Wildman–Crippen LogP) is 1.99. The molecule has 1 N–H and O–H groups in total. The first-order valence-corrected chi connectivity index (χ1v) is 8.18. The van der Waals surface area contributed by atoms with E-state index >= 15 is 0 Å². The highest BCUT2D eigenvalue weighted by atomic mass is 19.1. The van der Waals surface area contributed by atoms with Crippen LogP contribution in [0.1, 0.15) is 24.4 Å². The first-order chi connectivity index (χ1) is 11.3. The van der Waals surface area contributed by atoms with Crippen LogP contribution in [0.4, 0.5) is 4.39 Å². The molecule has 0 spiro atoms. The molecule has 3 aromatic rings. The number of nitrogens with one attached hydrogen (secondary N) is 1. The molecule has 1 aliphatic heterocycles. The van der Waals surface area contributed by atoms with Crippen LogP contribution >= 0.6 is 0 Å². The molecular weight excluding hydrogens is 291 g/mol. The molecule has 2 heterocycles. The van der Waals surface area contributed by atoms with E-state index in [4.69, 9.17) is 0 Å². The van der Waals surface area contributed by atoms with Gasteiger partial charge in [-0.05, 0) is 18.2 Å². The molecule has 0 radical (unpaired) electrons. The van der Waals surface area contributed by atoms with Gasteiger partial charge in [-0.1, -0.05) is 35.5 Å². The van der Waals surface area contributed by atoms with E-state index in [1.807, 2.05) is 30.3 Å². The summed E-state index contributed by atoms with van der Waals surface area (Å²) >= 11 is 0. The molecule has 0 atom stereocenters. The van der Waals surface area contributed by atoms with Gasteiger partial charge in [0.1, 0.15) is 17.9 Å². The highest BCUT2D eigenvalue weighted by Gasteiger charge is 2.25. The van der Waals surface area contributed by atoms with Gasteiger partial charge in [-0.3, -0.25) is 0 Å². The van der Waals surface area contributed by atoms with Gasteiger partial charge in [-0.25, -0.2) is 9.07 Å². The van der Waals surface area contributed by atoms with Gasteiger partial charge in [-0.15, -0.1) is 5.10 Å². The van der Waals surface area contributed by atoms with Crippen LogP contribution in [0.5, 0.6) is 0 Å². The molecule has 0 saturated carbocycles. The minimum atomic E-state index is -0.0932. The number of hydrogen-bond acceptors (Lipinski definition) is 2.